The summed E-state index contributed by atoms with van der Waals surface area (Å²) in [6.07, 6.45) is 2.16. The maximum absolute atomic E-state index is 12.2. The lowest BCUT2D eigenvalue weighted by Crippen LogP contribution is -2.31. The van der Waals surface area contributed by atoms with E-state index in [0.29, 0.717) is 35.3 Å². The number of carbonyl (C=O) groups excluding carboxylic acids is 1. The number of aryl methyl sites for hydroxylation is 1. The standard InChI is InChI=1S/C18H17ClN4O3/c1-2-16-21-22-18(26-16)13-6-7-17(25)23(10-13)11-15(24)20-9-12-4-3-5-14(19)8-12/h3-8,10H,2,9,11H2,1H3,(H,20,24). The lowest BCUT2D eigenvalue weighted by molar-refractivity contribution is -0.121. The molecule has 26 heavy (non-hydrogen) atoms. The van der Waals surface area contributed by atoms with Gasteiger partial charge in [0.1, 0.15) is 6.54 Å². The van der Waals surface area contributed by atoms with Crippen molar-refractivity contribution in [2.45, 2.75) is 26.4 Å². The quantitative estimate of drug-likeness (QED) is 0.717. The van der Waals surface area contributed by atoms with Gasteiger partial charge < -0.3 is 14.3 Å². The van der Waals surface area contributed by atoms with E-state index in [4.69, 9.17) is 16.0 Å². The fourth-order valence-electron chi connectivity index (χ4n) is 2.35. The largest absolute Gasteiger partial charge is 0.421 e. The molecule has 1 N–H and O–H groups in total. The van der Waals surface area contributed by atoms with E-state index in [1.807, 2.05) is 19.1 Å². The molecule has 0 fully saturated rings. The zero-order valence-electron chi connectivity index (χ0n) is 14.1. The Bertz CT molecular complexity index is 980. The van der Waals surface area contributed by atoms with Crippen LogP contribution in [0.5, 0.6) is 0 Å². The Morgan fingerprint density at radius 3 is 2.85 bits per heavy atom. The van der Waals surface area contributed by atoms with E-state index in [0.717, 1.165) is 5.56 Å². The summed E-state index contributed by atoms with van der Waals surface area (Å²) in [5.74, 6) is 0.538. The third-order valence-electron chi connectivity index (χ3n) is 3.69. The minimum Gasteiger partial charge on any atom is -0.421 e. The summed E-state index contributed by atoms with van der Waals surface area (Å²) in [6, 6.07) is 10.2. The summed E-state index contributed by atoms with van der Waals surface area (Å²) in [5, 5.41) is 11.2. The van der Waals surface area contributed by atoms with Crippen molar-refractivity contribution in [3.63, 3.8) is 0 Å². The highest BCUT2D eigenvalue weighted by Gasteiger charge is 2.11. The number of pyridine rings is 1. The van der Waals surface area contributed by atoms with Crippen LogP contribution in [0.25, 0.3) is 11.5 Å². The summed E-state index contributed by atoms with van der Waals surface area (Å²) in [4.78, 5) is 24.2. The van der Waals surface area contributed by atoms with Gasteiger partial charge in [0.15, 0.2) is 0 Å². The number of carbonyl (C=O) groups is 1. The van der Waals surface area contributed by atoms with Crippen molar-refractivity contribution in [3.05, 3.63) is 69.4 Å². The Balaban J connectivity index is 1.69. The number of hydrogen-bond donors (Lipinski definition) is 1. The minimum absolute atomic E-state index is 0.109. The Kier molecular flexibility index (Phi) is 5.48. The maximum Gasteiger partial charge on any atom is 0.251 e. The molecule has 0 saturated carbocycles. The molecule has 0 spiro atoms. The minimum atomic E-state index is -0.290. The van der Waals surface area contributed by atoms with Gasteiger partial charge in [-0.3, -0.25) is 9.59 Å². The van der Waals surface area contributed by atoms with Gasteiger partial charge in [-0.25, -0.2) is 0 Å². The van der Waals surface area contributed by atoms with Crippen LogP contribution in [0.2, 0.25) is 5.02 Å². The molecule has 0 aliphatic rings. The second-order valence-corrected chi connectivity index (χ2v) is 6.08. The van der Waals surface area contributed by atoms with Gasteiger partial charge in [0, 0.05) is 30.3 Å². The van der Waals surface area contributed by atoms with E-state index in [-0.39, 0.29) is 18.0 Å². The third-order valence-corrected chi connectivity index (χ3v) is 3.93. The van der Waals surface area contributed by atoms with Crippen molar-refractivity contribution in [2.24, 2.45) is 0 Å². The van der Waals surface area contributed by atoms with Crippen molar-refractivity contribution in [3.8, 4) is 11.5 Å². The number of hydrogen-bond acceptors (Lipinski definition) is 5. The number of nitrogens with one attached hydrogen (secondary N) is 1. The summed E-state index contributed by atoms with van der Waals surface area (Å²) < 4.78 is 6.79. The molecule has 2 heterocycles. The van der Waals surface area contributed by atoms with Crippen molar-refractivity contribution in [1.29, 1.82) is 0 Å². The molecule has 0 radical (unpaired) electrons. The van der Waals surface area contributed by atoms with Crippen molar-refractivity contribution >= 4 is 17.5 Å². The normalized spacial score (nSPS) is 10.7. The Hall–Kier alpha value is -2.93. The summed E-state index contributed by atoms with van der Waals surface area (Å²) in [6.45, 7) is 2.13. The number of amides is 1. The van der Waals surface area contributed by atoms with Gasteiger partial charge in [-0.1, -0.05) is 30.7 Å². The predicted octanol–water partition coefficient (Wildman–Crippen LogP) is 2.43. The molecule has 0 bridgehead atoms. The number of aromatic nitrogens is 3. The average molecular weight is 373 g/mol. The molecule has 2 aromatic heterocycles. The van der Waals surface area contributed by atoms with Gasteiger partial charge >= 0.3 is 0 Å². The van der Waals surface area contributed by atoms with E-state index in [2.05, 4.69) is 15.5 Å². The van der Waals surface area contributed by atoms with Crippen LogP contribution >= 0.6 is 11.6 Å². The van der Waals surface area contributed by atoms with Crippen molar-refractivity contribution < 1.29 is 9.21 Å². The highest BCUT2D eigenvalue weighted by molar-refractivity contribution is 6.30. The molecular formula is C18H17ClN4O3. The summed E-state index contributed by atoms with van der Waals surface area (Å²) in [5.41, 5.74) is 1.17. The first-order chi connectivity index (χ1) is 12.5. The molecule has 1 amide bonds. The van der Waals surface area contributed by atoms with E-state index < -0.39 is 0 Å². The lowest BCUT2D eigenvalue weighted by Gasteiger charge is -2.08. The fourth-order valence-corrected chi connectivity index (χ4v) is 2.57. The Labute approximate surface area is 154 Å². The van der Waals surface area contributed by atoms with E-state index in [1.54, 1.807) is 18.2 Å². The van der Waals surface area contributed by atoms with E-state index in [9.17, 15) is 9.59 Å². The number of rotatable bonds is 6. The van der Waals surface area contributed by atoms with Crippen LogP contribution in [0.3, 0.4) is 0 Å². The third kappa shape index (κ3) is 4.37. The first-order valence-electron chi connectivity index (χ1n) is 8.09. The van der Waals surface area contributed by atoms with Gasteiger partial charge in [0.05, 0.1) is 5.56 Å². The molecule has 0 unspecified atom stereocenters. The van der Waals surface area contributed by atoms with Gasteiger partial charge in [-0.2, -0.15) is 0 Å². The molecule has 3 rings (SSSR count). The van der Waals surface area contributed by atoms with Crippen LogP contribution in [0.1, 0.15) is 18.4 Å². The zero-order chi connectivity index (χ0) is 18.5. The first-order valence-corrected chi connectivity index (χ1v) is 8.47. The lowest BCUT2D eigenvalue weighted by atomic mass is 10.2. The van der Waals surface area contributed by atoms with Crippen LogP contribution in [0.15, 0.2) is 51.8 Å². The maximum atomic E-state index is 12.2. The Morgan fingerprint density at radius 2 is 2.12 bits per heavy atom. The van der Waals surface area contributed by atoms with Crippen LogP contribution in [0.4, 0.5) is 0 Å². The Morgan fingerprint density at radius 1 is 1.27 bits per heavy atom. The average Bonchev–Trinajstić information content (AvgIpc) is 3.11. The van der Waals surface area contributed by atoms with Crippen LogP contribution in [-0.4, -0.2) is 20.7 Å². The highest BCUT2D eigenvalue weighted by Crippen LogP contribution is 2.16. The van der Waals surface area contributed by atoms with E-state index >= 15 is 0 Å². The van der Waals surface area contributed by atoms with Crippen LogP contribution in [0, 0.1) is 0 Å². The SMILES string of the molecule is CCc1nnc(-c2ccc(=O)n(CC(=O)NCc3cccc(Cl)c3)c2)o1. The molecule has 0 saturated heterocycles. The number of halogens is 1. The smallest absolute Gasteiger partial charge is 0.251 e. The molecule has 134 valence electrons. The molecule has 8 heteroatoms. The van der Waals surface area contributed by atoms with Gasteiger partial charge in [0.2, 0.25) is 17.7 Å². The molecule has 0 aliphatic carbocycles. The molecule has 0 aliphatic heterocycles. The first kappa shape index (κ1) is 17.9. The number of benzene rings is 1. The van der Waals surface area contributed by atoms with Crippen molar-refractivity contribution in [2.75, 3.05) is 0 Å². The van der Waals surface area contributed by atoms with Crippen LogP contribution in [-0.2, 0) is 24.3 Å². The molecule has 3 aromatic rings. The second kappa shape index (κ2) is 7.97. The van der Waals surface area contributed by atoms with Gasteiger partial charge in [-0.05, 0) is 23.8 Å². The highest BCUT2D eigenvalue weighted by atomic mass is 35.5. The molecular weight excluding hydrogens is 356 g/mol. The monoisotopic (exact) mass is 372 g/mol. The van der Waals surface area contributed by atoms with Gasteiger partial charge in [0.25, 0.3) is 5.56 Å². The summed E-state index contributed by atoms with van der Waals surface area (Å²) in [7, 11) is 0. The van der Waals surface area contributed by atoms with E-state index in [1.165, 1.54) is 16.8 Å². The molecule has 0 atom stereocenters. The van der Waals surface area contributed by atoms with Crippen molar-refractivity contribution in [1.82, 2.24) is 20.1 Å². The second-order valence-electron chi connectivity index (χ2n) is 5.65. The van der Waals surface area contributed by atoms with Gasteiger partial charge in [-0.15, -0.1) is 10.2 Å². The fraction of sp³-hybridized carbons (Fsp3) is 0.222. The predicted molar refractivity (Wildman–Crippen MR) is 96.7 cm³/mol. The zero-order valence-corrected chi connectivity index (χ0v) is 14.9. The topological polar surface area (TPSA) is 90.0 Å². The molecule has 7 nitrogen and oxygen atoms in total. The molecule has 1 aromatic carbocycles. The van der Waals surface area contributed by atoms with Crippen LogP contribution < -0.4 is 10.9 Å². The summed E-state index contributed by atoms with van der Waals surface area (Å²) >= 11 is 5.92. The number of nitrogens with zero attached hydrogens (tertiary/aromatic N) is 3.